The summed E-state index contributed by atoms with van der Waals surface area (Å²) in [4.78, 5) is 25.0. The summed E-state index contributed by atoms with van der Waals surface area (Å²) < 4.78 is 70.3. The van der Waals surface area contributed by atoms with E-state index in [4.69, 9.17) is 14.2 Å². The van der Waals surface area contributed by atoms with Gasteiger partial charge in [-0.25, -0.2) is 13.1 Å². The van der Waals surface area contributed by atoms with Gasteiger partial charge in [0.05, 0.1) is 34.9 Å². The zero-order chi connectivity index (χ0) is 34.1. The highest BCUT2D eigenvalue weighted by Crippen LogP contribution is 2.32. The number of hydrogen-bond donors (Lipinski definition) is 2. The van der Waals surface area contributed by atoms with Crippen LogP contribution in [0.1, 0.15) is 36.2 Å². The molecule has 3 heterocycles. The van der Waals surface area contributed by atoms with Crippen molar-refractivity contribution in [2.24, 2.45) is 5.92 Å². The molecular weight excluding hydrogens is 646 g/mol. The van der Waals surface area contributed by atoms with Gasteiger partial charge in [0.15, 0.2) is 21.3 Å². The first kappa shape index (κ1) is 33.2. The first-order valence-electron chi connectivity index (χ1n) is 15.7. The van der Waals surface area contributed by atoms with Crippen LogP contribution in [-0.2, 0) is 21.1 Å². The molecule has 4 aromatic rings. The number of benzene rings is 3. The topological polar surface area (TPSA) is 138 Å². The number of amides is 2. The van der Waals surface area contributed by atoms with E-state index in [0.717, 1.165) is 16.5 Å². The fourth-order valence-corrected chi connectivity index (χ4v) is 7.67. The Balaban J connectivity index is 1.19. The Morgan fingerprint density at radius 3 is 2.62 bits per heavy atom. The summed E-state index contributed by atoms with van der Waals surface area (Å²) in [5, 5.41) is 10.5. The van der Waals surface area contributed by atoms with Gasteiger partial charge in [-0.05, 0) is 73.4 Å². The van der Waals surface area contributed by atoms with Gasteiger partial charge in [-0.2, -0.15) is 13.9 Å². The van der Waals surface area contributed by atoms with Crippen molar-refractivity contribution in [2.45, 2.75) is 44.8 Å². The summed E-state index contributed by atoms with van der Waals surface area (Å²) in [5.74, 6) is -3.49. The molecule has 14 heteroatoms. The van der Waals surface area contributed by atoms with Crippen molar-refractivity contribution in [1.29, 1.82) is 0 Å². The second-order valence-corrected chi connectivity index (χ2v) is 14.5. The number of sulfone groups is 1. The quantitative estimate of drug-likeness (QED) is 0.241. The monoisotopic (exact) mass is 682 g/mol. The molecule has 2 aliphatic heterocycles. The lowest BCUT2D eigenvalue weighted by Gasteiger charge is -2.28. The van der Waals surface area contributed by atoms with Crippen LogP contribution in [0, 0.1) is 5.92 Å². The molecular formula is C34H36F2N4O7S. The number of alkyl halides is 2. The molecule has 0 spiro atoms. The number of nitrogens with one attached hydrogen (secondary N) is 2. The Labute approximate surface area is 276 Å². The average Bonchev–Trinajstić information content (AvgIpc) is 3.64. The van der Waals surface area contributed by atoms with Crippen LogP contribution in [0.5, 0.6) is 17.2 Å². The Bertz CT molecular complexity index is 1940. The highest BCUT2D eigenvalue weighted by Gasteiger charge is 2.35. The third-order valence-electron chi connectivity index (χ3n) is 8.42. The SMILES string of the molecule is CC(NC(=O)C(C)(F)F)C(Cc1ccc2c(c1)OCCO2)Oc1ccc2c(cnn2-c2cccc(C(=O)NCC3CCS(=O)(=O)C3)c2)c1. The number of carbonyl (C=O) groups is 2. The minimum Gasteiger partial charge on any atom is -0.488 e. The summed E-state index contributed by atoms with van der Waals surface area (Å²) in [7, 11) is -3.03. The average molecular weight is 683 g/mol. The number of aromatic nitrogens is 2. The fourth-order valence-electron chi connectivity index (χ4n) is 5.81. The van der Waals surface area contributed by atoms with E-state index in [2.05, 4.69) is 15.7 Å². The van der Waals surface area contributed by atoms with E-state index in [0.29, 0.717) is 55.1 Å². The molecule has 2 aliphatic rings. The Morgan fingerprint density at radius 1 is 1.08 bits per heavy atom. The lowest BCUT2D eigenvalue weighted by Crippen LogP contribution is -2.49. The molecule has 48 heavy (non-hydrogen) atoms. The molecule has 254 valence electrons. The predicted molar refractivity (Wildman–Crippen MR) is 174 cm³/mol. The Hall–Kier alpha value is -4.72. The van der Waals surface area contributed by atoms with Gasteiger partial charge >= 0.3 is 5.92 Å². The lowest BCUT2D eigenvalue weighted by atomic mass is 10.0. The van der Waals surface area contributed by atoms with E-state index in [1.54, 1.807) is 60.3 Å². The van der Waals surface area contributed by atoms with Gasteiger partial charge in [-0.3, -0.25) is 9.59 Å². The molecule has 1 aromatic heterocycles. The number of halogens is 2. The van der Waals surface area contributed by atoms with E-state index in [1.807, 2.05) is 18.2 Å². The van der Waals surface area contributed by atoms with Crippen LogP contribution in [-0.4, -0.2) is 79.3 Å². The van der Waals surface area contributed by atoms with Crippen molar-refractivity contribution in [3.63, 3.8) is 0 Å². The normalized spacial score (nSPS) is 18.2. The number of nitrogens with zero attached hydrogens (tertiary/aromatic N) is 2. The third-order valence-corrected chi connectivity index (χ3v) is 10.3. The van der Waals surface area contributed by atoms with Crippen molar-refractivity contribution in [2.75, 3.05) is 31.3 Å². The van der Waals surface area contributed by atoms with Crippen LogP contribution >= 0.6 is 0 Å². The number of hydrogen-bond acceptors (Lipinski definition) is 8. The maximum Gasteiger partial charge on any atom is 0.321 e. The number of carbonyl (C=O) groups excluding carboxylic acids is 2. The molecule has 0 bridgehead atoms. The second kappa shape index (κ2) is 13.4. The summed E-state index contributed by atoms with van der Waals surface area (Å²) in [6.07, 6.45) is 1.73. The van der Waals surface area contributed by atoms with E-state index >= 15 is 0 Å². The molecule has 6 rings (SSSR count). The molecule has 2 N–H and O–H groups in total. The minimum atomic E-state index is -3.56. The highest BCUT2D eigenvalue weighted by atomic mass is 32.2. The molecule has 3 aromatic carbocycles. The van der Waals surface area contributed by atoms with Crippen LogP contribution in [0.2, 0.25) is 0 Å². The minimum absolute atomic E-state index is 0.0830. The summed E-state index contributed by atoms with van der Waals surface area (Å²) in [6, 6.07) is 16.9. The smallest absolute Gasteiger partial charge is 0.321 e. The van der Waals surface area contributed by atoms with Crippen LogP contribution in [0.15, 0.2) is 66.9 Å². The zero-order valence-corrected chi connectivity index (χ0v) is 27.3. The second-order valence-electron chi connectivity index (χ2n) is 12.3. The number of ether oxygens (including phenoxy) is 3. The first-order chi connectivity index (χ1) is 22.8. The summed E-state index contributed by atoms with van der Waals surface area (Å²) in [5.41, 5.74) is 2.59. The summed E-state index contributed by atoms with van der Waals surface area (Å²) >= 11 is 0. The standard InChI is InChI=1S/C34H36F2N4O7S/c1-21(39-33(42)34(2,35)36)30(14-22-6-9-29-31(15-22)46-12-11-45-29)47-27-7-8-28-25(17-27)19-38-40(28)26-5-3-4-24(16-26)32(41)37-18-23-10-13-48(43,44)20-23/h3-9,15-17,19,21,23,30H,10-14,18,20H2,1-2H3,(H,37,41)(H,39,42). The van der Waals surface area contributed by atoms with Crippen molar-refractivity contribution in [3.8, 4) is 22.9 Å². The zero-order valence-electron chi connectivity index (χ0n) is 26.4. The van der Waals surface area contributed by atoms with Crippen LogP contribution in [0.3, 0.4) is 0 Å². The van der Waals surface area contributed by atoms with Gasteiger partial charge in [0.25, 0.3) is 11.8 Å². The van der Waals surface area contributed by atoms with Crippen LogP contribution in [0.25, 0.3) is 16.6 Å². The highest BCUT2D eigenvalue weighted by molar-refractivity contribution is 7.91. The van der Waals surface area contributed by atoms with Gasteiger partial charge in [-0.1, -0.05) is 12.1 Å². The predicted octanol–water partition coefficient (Wildman–Crippen LogP) is 4.11. The van der Waals surface area contributed by atoms with Crippen molar-refractivity contribution >= 4 is 32.6 Å². The van der Waals surface area contributed by atoms with Crippen molar-refractivity contribution in [3.05, 3.63) is 78.0 Å². The van der Waals surface area contributed by atoms with E-state index in [-0.39, 0.29) is 36.3 Å². The van der Waals surface area contributed by atoms with E-state index in [9.17, 15) is 26.8 Å². The van der Waals surface area contributed by atoms with Gasteiger partial charge in [-0.15, -0.1) is 0 Å². The van der Waals surface area contributed by atoms with Crippen molar-refractivity contribution in [1.82, 2.24) is 20.4 Å². The van der Waals surface area contributed by atoms with E-state index < -0.39 is 33.8 Å². The number of fused-ring (bicyclic) bond motifs is 2. The maximum absolute atomic E-state index is 13.8. The van der Waals surface area contributed by atoms with Gasteiger partial charge in [0.1, 0.15) is 25.1 Å². The first-order valence-corrected chi connectivity index (χ1v) is 17.5. The number of rotatable bonds is 11. The molecule has 1 saturated heterocycles. The Morgan fingerprint density at radius 2 is 1.88 bits per heavy atom. The third kappa shape index (κ3) is 7.70. The molecule has 3 atom stereocenters. The van der Waals surface area contributed by atoms with Gasteiger partial charge in [0, 0.05) is 30.8 Å². The molecule has 0 saturated carbocycles. The van der Waals surface area contributed by atoms with Crippen molar-refractivity contribution < 1.29 is 41.0 Å². The van der Waals surface area contributed by atoms with Gasteiger partial charge < -0.3 is 24.8 Å². The molecule has 0 aliphatic carbocycles. The lowest BCUT2D eigenvalue weighted by molar-refractivity contribution is -0.144. The molecule has 11 nitrogen and oxygen atoms in total. The van der Waals surface area contributed by atoms with Crippen LogP contribution in [0.4, 0.5) is 8.78 Å². The molecule has 0 radical (unpaired) electrons. The Kier molecular flexibility index (Phi) is 9.28. The molecule has 1 fully saturated rings. The molecule has 3 unspecified atom stereocenters. The maximum atomic E-state index is 13.8. The van der Waals surface area contributed by atoms with Gasteiger partial charge in [0.2, 0.25) is 0 Å². The molecule has 2 amide bonds. The van der Waals surface area contributed by atoms with Crippen LogP contribution < -0.4 is 24.8 Å². The fraction of sp³-hybridized carbons (Fsp3) is 0.382. The largest absolute Gasteiger partial charge is 0.488 e. The summed E-state index contributed by atoms with van der Waals surface area (Å²) in [6.45, 7) is 3.30. The van der Waals surface area contributed by atoms with E-state index in [1.165, 1.54) is 0 Å².